The molecule has 0 aliphatic carbocycles. The molecular weight excluding hydrogens is 178 g/mol. The molecule has 1 aliphatic rings. The van der Waals surface area contributed by atoms with Crippen LogP contribution >= 0.6 is 0 Å². The number of methoxy groups -OCH3 is 1. The highest BCUT2D eigenvalue weighted by Crippen LogP contribution is 2.17. The van der Waals surface area contributed by atoms with Crippen molar-refractivity contribution >= 4 is 0 Å². The fourth-order valence-electron chi connectivity index (χ4n) is 2.05. The van der Waals surface area contributed by atoms with Crippen LogP contribution < -0.4 is 0 Å². The molecule has 3 nitrogen and oxygen atoms in total. The topological polar surface area (TPSA) is 21.7 Å². The molecule has 0 aromatic carbocycles. The first-order valence-corrected chi connectivity index (χ1v) is 5.39. The Kier molecular flexibility index (Phi) is 4.35. The van der Waals surface area contributed by atoms with Gasteiger partial charge in [0, 0.05) is 33.4 Å². The standard InChI is InChI=1S/C11H23NO2/c1-10(8-13-4)7-12-5-6-14-11(2,3)9-12/h10H,5-9H2,1-4H3/t10-/m0/s1. The summed E-state index contributed by atoms with van der Waals surface area (Å²) in [5.41, 5.74) is 0.0189. The zero-order chi connectivity index (χ0) is 10.6. The average Bonchev–Trinajstić information content (AvgIpc) is 2.02. The highest BCUT2D eigenvalue weighted by molar-refractivity contribution is 4.79. The van der Waals surface area contributed by atoms with Crippen LogP contribution in [0.1, 0.15) is 20.8 Å². The van der Waals surface area contributed by atoms with Gasteiger partial charge in [-0.15, -0.1) is 0 Å². The van der Waals surface area contributed by atoms with E-state index in [-0.39, 0.29) is 5.60 Å². The van der Waals surface area contributed by atoms with Crippen LogP contribution in [0.5, 0.6) is 0 Å². The maximum atomic E-state index is 5.66. The Hall–Kier alpha value is -0.120. The molecule has 0 saturated carbocycles. The molecule has 14 heavy (non-hydrogen) atoms. The summed E-state index contributed by atoms with van der Waals surface area (Å²) in [6.07, 6.45) is 0. The summed E-state index contributed by atoms with van der Waals surface area (Å²) in [6, 6.07) is 0. The Labute approximate surface area is 87.4 Å². The van der Waals surface area contributed by atoms with Crippen molar-refractivity contribution in [2.75, 3.05) is 40.0 Å². The molecule has 1 rings (SSSR count). The van der Waals surface area contributed by atoms with Crippen molar-refractivity contribution in [3.05, 3.63) is 0 Å². The Morgan fingerprint density at radius 2 is 2.21 bits per heavy atom. The van der Waals surface area contributed by atoms with Gasteiger partial charge in [-0.3, -0.25) is 4.90 Å². The molecule has 0 amide bonds. The van der Waals surface area contributed by atoms with Gasteiger partial charge in [-0.2, -0.15) is 0 Å². The molecule has 0 radical (unpaired) electrons. The summed E-state index contributed by atoms with van der Waals surface area (Å²) in [5, 5.41) is 0. The molecule has 0 spiro atoms. The minimum Gasteiger partial charge on any atom is -0.384 e. The highest BCUT2D eigenvalue weighted by Gasteiger charge is 2.27. The SMILES string of the molecule is COC[C@@H](C)CN1CCOC(C)(C)C1. The third-order valence-electron chi connectivity index (χ3n) is 2.53. The van der Waals surface area contributed by atoms with Crippen LogP contribution in [0.2, 0.25) is 0 Å². The van der Waals surface area contributed by atoms with Gasteiger partial charge in [0.15, 0.2) is 0 Å². The maximum absolute atomic E-state index is 5.66. The largest absolute Gasteiger partial charge is 0.384 e. The van der Waals surface area contributed by atoms with Crippen LogP contribution in [0.4, 0.5) is 0 Å². The zero-order valence-electron chi connectivity index (χ0n) is 9.88. The van der Waals surface area contributed by atoms with E-state index in [2.05, 4.69) is 25.7 Å². The van der Waals surface area contributed by atoms with Crippen LogP contribution in [-0.4, -0.2) is 50.5 Å². The number of morpholine rings is 1. The second-order valence-corrected chi connectivity index (χ2v) is 4.90. The third-order valence-corrected chi connectivity index (χ3v) is 2.53. The Balaban J connectivity index is 2.30. The number of hydrogen-bond acceptors (Lipinski definition) is 3. The lowest BCUT2D eigenvalue weighted by Gasteiger charge is -2.39. The van der Waals surface area contributed by atoms with Crippen molar-refractivity contribution in [3.63, 3.8) is 0 Å². The summed E-state index contributed by atoms with van der Waals surface area (Å²) in [7, 11) is 1.76. The summed E-state index contributed by atoms with van der Waals surface area (Å²) in [4.78, 5) is 2.47. The van der Waals surface area contributed by atoms with Gasteiger partial charge in [0.1, 0.15) is 0 Å². The first-order chi connectivity index (χ1) is 6.53. The molecule has 1 fully saturated rings. The van der Waals surface area contributed by atoms with Gasteiger partial charge in [-0.25, -0.2) is 0 Å². The molecular formula is C11H23NO2. The third kappa shape index (κ3) is 3.95. The molecule has 84 valence electrons. The molecule has 1 aliphatic heterocycles. The lowest BCUT2D eigenvalue weighted by molar-refractivity contribution is -0.0900. The normalized spacial score (nSPS) is 24.9. The van der Waals surface area contributed by atoms with Crippen LogP contribution in [0, 0.1) is 5.92 Å². The fourth-order valence-corrected chi connectivity index (χ4v) is 2.05. The number of ether oxygens (including phenoxy) is 2. The van der Waals surface area contributed by atoms with Gasteiger partial charge >= 0.3 is 0 Å². The minimum atomic E-state index is 0.0189. The van der Waals surface area contributed by atoms with Crippen molar-refractivity contribution in [2.45, 2.75) is 26.4 Å². The average molecular weight is 201 g/mol. The summed E-state index contributed by atoms with van der Waals surface area (Å²) in [5.74, 6) is 0.605. The molecule has 1 saturated heterocycles. The van der Waals surface area contributed by atoms with Crippen LogP contribution in [0.15, 0.2) is 0 Å². The Bertz CT molecular complexity index is 171. The van der Waals surface area contributed by atoms with E-state index in [1.807, 2.05) is 0 Å². The molecule has 0 unspecified atom stereocenters. The van der Waals surface area contributed by atoms with E-state index in [0.717, 1.165) is 32.8 Å². The molecule has 0 N–H and O–H groups in total. The molecule has 0 aromatic rings. The quantitative estimate of drug-likeness (QED) is 0.686. The second-order valence-electron chi connectivity index (χ2n) is 4.90. The van der Waals surface area contributed by atoms with Crippen LogP contribution in [0.25, 0.3) is 0 Å². The first-order valence-electron chi connectivity index (χ1n) is 5.39. The summed E-state index contributed by atoms with van der Waals surface area (Å²) < 4.78 is 10.8. The fraction of sp³-hybridized carbons (Fsp3) is 1.00. The summed E-state index contributed by atoms with van der Waals surface area (Å²) in [6.45, 7) is 11.4. The molecule has 0 aromatic heterocycles. The minimum absolute atomic E-state index is 0.0189. The van der Waals surface area contributed by atoms with E-state index in [1.54, 1.807) is 7.11 Å². The lowest BCUT2D eigenvalue weighted by atomic mass is 10.1. The van der Waals surface area contributed by atoms with Crippen LogP contribution in [-0.2, 0) is 9.47 Å². The predicted molar refractivity (Wildman–Crippen MR) is 57.5 cm³/mol. The van der Waals surface area contributed by atoms with Gasteiger partial charge in [0.25, 0.3) is 0 Å². The van der Waals surface area contributed by atoms with Crippen molar-refractivity contribution in [1.82, 2.24) is 4.90 Å². The van der Waals surface area contributed by atoms with Gasteiger partial charge in [0.05, 0.1) is 12.2 Å². The lowest BCUT2D eigenvalue weighted by Crippen LogP contribution is -2.49. The number of nitrogens with zero attached hydrogens (tertiary/aromatic N) is 1. The molecule has 3 heteroatoms. The van der Waals surface area contributed by atoms with Crippen molar-refractivity contribution in [2.24, 2.45) is 5.92 Å². The summed E-state index contributed by atoms with van der Waals surface area (Å²) >= 11 is 0. The monoisotopic (exact) mass is 201 g/mol. The van der Waals surface area contributed by atoms with E-state index in [1.165, 1.54) is 0 Å². The Morgan fingerprint density at radius 1 is 1.50 bits per heavy atom. The van der Waals surface area contributed by atoms with Crippen LogP contribution in [0.3, 0.4) is 0 Å². The highest BCUT2D eigenvalue weighted by atomic mass is 16.5. The van der Waals surface area contributed by atoms with Gasteiger partial charge < -0.3 is 9.47 Å². The van der Waals surface area contributed by atoms with Crippen molar-refractivity contribution < 1.29 is 9.47 Å². The van der Waals surface area contributed by atoms with Crippen molar-refractivity contribution in [3.8, 4) is 0 Å². The molecule has 0 bridgehead atoms. The predicted octanol–water partition coefficient (Wildman–Crippen LogP) is 1.38. The Morgan fingerprint density at radius 3 is 2.79 bits per heavy atom. The van der Waals surface area contributed by atoms with E-state index in [0.29, 0.717) is 5.92 Å². The van der Waals surface area contributed by atoms with Gasteiger partial charge in [-0.1, -0.05) is 6.92 Å². The van der Waals surface area contributed by atoms with E-state index in [9.17, 15) is 0 Å². The molecule has 1 heterocycles. The first kappa shape index (κ1) is 12.0. The van der Waals surface area contributed by atoms with Gasteiger partial charge in [0.2, 0.25) is 0 Å². The number of rotatable bonds is 4. The number of hydrogen-bond donors (Lipinski definition) is 0. The molecule has 1 atom stereocenters. The smallest absolute Gasteiger partial charge is 0.0753 e. The van der Waals surface area contributed by atoms with Crippen molar-refractivity contribution in [1.29, 1.82) is 0 Å². The van der Waals surface area contributed by atoms with E-state index in [4.69, 9.17) is 9.47 Å². The van der Waals surface area contributed by atoms with E-state index < -0.39 is 0 Å². The maximum Gasteiger partial charge on any atom is 0.0753 e. The van der Waals surface area contributed by atoms with Gasteiger partial charge in [-0.05, 0) is 19.8 Å². The van der Waals surface area contributed by atoms with E-state index >= 15 is 0 Å². The second kappa shape index (κ2) is 5.10. The zero-order valence-corrected chi connectivity index (χ0v) is 9.88.